The molecule has 2 aromatic carbocycles. The number of amides is 2. The monoisotopic (exact) mass is 547 g/mol. The van der Waals surface area contributed by atoms with E-state index in [1.165, 1.54) is 5.56 Å². The standard InChI is InChI=1S/C33H45N3O4/c1-24(36-22-18-33(40-31(36)38,23-32(2,3)39)28-9-6-5-7-10-28)25-12-14-26(15-13-25)27-16-20-35(21-17-27)30(37)29-11-8-19-34(29)4/h5-7,9-10,12-15,24,27,29,39H,8,11,16-23H2,1-4H3/t24-,29-,33?/m0/s1. The topological polar surface area (TPSA) is 73.3 Å². The second-order valence-electron chi connectivity index (χ2n) is 12.7. The number of likely N-dealkylation sites (tertiary alicyclic amines) is 2. The van der Waals surface area contributed by atoms with Crippen LogP contribution in [0.3, 0.4) is 0 Å². The number of carbonyl (C=O) groups is 2. The predicted octanol–water partition coefficient (Wildman–Crippen LogP) is 5.45. The molecule has 3 saturated heterocycles. The van der Waals surface area contributed by atoms with Crippen LogP contribution in [-0.4, -0.2) is 76.7 Å². The number of nitrogens with zero attached hydrogens (tertiary/aromatic N) is 3. The second kappa shape index (κ2) is 11.5. The van der Waals surface area contributed by atoms with Gasteiger partial charge in [0.25, 0.3) is 0 Å². The first kappa shape index (κ1) is 28.6. The van der Waals surface area contributed by atoms with Gasteiger partial charge in [0, 0.05) is 32.5 Å². The van der Waals surface area contributed by atoms with Crippen LogP contribution in [0.2, 0.25) is 0 Å². The molecule has 7 nitrogen and oxygen atoms in total. The summed E-state index contributed by atoms with van der Waals surface area (Å²) >= 11 is 0. The molecule has 1 N–H and O–H groups in total. The lowest BCUT2D eigenvalue weighted by atomic mass is 9.80. The van der Waals surface area contributed by atoms with Gasteiger partial charge in [-0.25, -0.2) is 4.79 Å². The largest absolute Gasteiger partial charge is 0.438 e. The van der Waals surface area contributed by atoms with E-state index < -0.39 is 11.2 Å². The number of piperidine rings is 1. The van der Waals surface area contributed by atoms with Gasteiger partial charge in [0.15, 0.2) is 0 Å². The van der Waals surface area contributed by atoms with Gasteiger partial charge >= 0.3 is 6.09 Å². The van der Waals surface area contributed by atoms with Crippen molar-refractivity contribution < 1.29 is 19.4 Å². The van der Waals surface area contributed by atoms with E-state index in [-0.39, 0.29) is 18.2 Å². The molecule has 3 heterocycles. The van der Waals surface area contributed by atoms with Crippen LogP contribution in [0.25, 0.3) is 0 Å². The molecule has 0 aliphatic carbocycles. The summed E-state index contributed by atoms with van der Waals surface area (Å²) in [5.74, 6) is 0.748. The molecule has 5 rings (SSSR count). The molecule has 1 unspecified atom stereocenters. The predicted molar refractivity (Wildman–Crippen MR) is 156 cm³/mol. The highest BCUT2D eigenvalue weighted by atomic mass is 16.6. The smallest absolute Gasteiger partial charge is 0.411 e. The van der Waals surface area contributed by atoms with Gasteiger partial charge in [0.1, 0.15) is 5.60 Å². The summed E-state index contributed by atoms with van der Waals surface area (Å²) in [4.78, 5) is 32.4. The minimum Gasteiger partial charge on any atom is -0.438 e. The quantitative estimate of drug-likeness (QED) is 0.499. The van der Waals surface area contributed by atoms with Crippen molar-refractivity contribution in [3.05, 3.63) is 71.3 Å². The lowest BCUT2D eigenvalue weighted by Gasteiger charge is -2.45. The van der Waals surface area contributed by atoms with Crippen LogP contribution in [-0.2, 0) is 15.1 Å². The molecule has 3 aliphatic heterocycles. The summed E-state index contributed by atoms with van der Waals surface area (Å²) < 4.78 is 6.17. The van der Waals surface area contributed by atoms with Crippen LogP contribution in [0.4, 0.5) is 4.79 Å². The Labute approximate surface area is 239 Å². The first-order valence-electron chi connectivity index (χ1n) is 14.9. The van der Waals surface area contributed by atoms with Gasteiger partial charge in [-0.15, -0.1) is 0 Å². The van der Waals surface area contributed by atoms with E-state index in [1.807, 2.05) is 37.3 Å². The van der Waals surface area contributed by atoms with Crippen LogP contribution in [0.1, 0.15) is 87.9 Å². The van der Waals surface area contributed by atoms with Crippen molar-refractivity contribution in [2.45, 2.75) is 88.5 Å². The van der Waals surface area contributed by atoms with Crippen LogP contribution >= 0.6 is 0 Å². The molecule has 216 valence electrons. The average Bonchev–Trinajstić information content (AvgIpc) is 3.38. The van der Waals surface area contributed by atoms with Crippen LogP contribution in [0, 0.1) is 0 Å². The number of hydrogen-bond donors (Lipinski definition) is 1. The third kappa shape index (κ3) is 6.06. The Balaban J connectivity index is 1.20. The van der Waals surface area contributed by atoms with E-state index in [0.717, 1.165) is 56.4 Å². The Morgan fingerprint density at radius 3 is 2.27 bits per heavy atom. The fourth-order valence-corrected chi connectivity index (χ4v) is 6.98. The summed E-state index contributed by atoms with van der Waals surface area (Å²) in [6.07, 6.45) is 4.67. The first-order valence-corrected chi connectivity index (χ1v) is 14.9. The number of hydrogen-bond acceptors (Lipinski definition) is 5. The van der Waals surface area contributed by atoms with Gasteiger partial charge in [-0.1, -0.05) is 54.6 Å². The molecule has 3 fully saturated rings. The van der Waals surface area contributed by atoms with Crippen molar-refractivity contribution in [3.63, 3.8) is 0 Å². The molecule has 3 atom stereocenters. The number of aliphatic hydroxyl groups is 1. The van der Waals surface area contributed by atoms with Crippen LogP contribution in [0.5, 0.6) is 0 Å². The van der Waals surface area contributed by atoms with Crippen LogP contribution in [0.15, 0.2) is 54.6 Å². The van der Waals surface area contributed by atoms with Gasteiger partial charge in [-0.3, -0.25) is 9.69 Å². The zero-order valence-electron chi connectivity index (χ0n) is 24.5. The van der Waals surface area contributed by atoms with Gasteiger partial charge in [-0.05, 0) is 82.7 Å². The minimum absolute atomic E-state index is 0.0618. The highest BCUT2D eigenvalue weighted by Crippen LogP contribution is 2.42. The number of cyclic esters (lactones) is 1. The van der Waals surface area contributed by atoms with E-state index in [0.29, 0.717) is 31.2 Å². The molecule has 7 heteroatoms. The van der Waals surface area contributed by atoms with Crippen molar-refractivity contribution in [3.8, 4) is 0 Å². The third-order valence-corrected chi connectivity index (χ3v) is 9.26. The Hall–Kier alpha value is -2.90. The molecule has 40 heavy (non-hydrogen) atoms. The average molecular weight is 548 g/mol. The van der Waals surface area contributed by atoms with Gasteiger partial charge < -0.3 is 19.6 Å². The number of ether oxygens (including phenoxy) is 1. The summed E-state index contributed by atoms with van der Waals surface area (Å²) in [5, 5.41) is 10.6. The van der Waals surface area contributed by atoms with E-state index in [2.05, 4.69) is 41.1 Å². The number of carbonyl (C=O) groups excluding carboxylic acids is 2. The minimum atomic E-state index is -0.976. The fourth-order valence-electron chi connectivity index (χ4n) is 6.98. The van der Waals surface area contributed by atoms with E-state index >= 15 is 0 Å². The van der Waals surface area contributed by atoms with Crippen molar-refractivity contribution in [1.82, 2.24) is 14.7 Å². The number of rotatable bonds is 7. The maximum atomic E-state index is 13.4. The molecule has 0 aromatic heterocycles. The molecule has 3 aliphatic rings. The van der Waals surface area contributed by atoms with Crippen molar-refractivity contribution in [2.75, 3.05) is 33.2 Å². The van der Waals surface area contributed by atoms with Crippen molar-refractivity contribution >= 4 is 12.0 Å². The Morgan fingerprint density at radius 1 is 1.02 bits per heavy atom. The van der Waals surface area contributed by atoms with Gasteiger partial charge in [0.2, 0.25) is 5.91 Å². The van der Waals surface area contributed by atoms with Gasteiger partial charge in [0.05, 0.1) is 17.7 Å². The Morgan fingerprint density at radius 2 is 1.70 bits per heavy atom. The normalized spacial score (nSPS) is 25.6. The number of likely N-dealkylation sites (N-methyl/N-ethyl adjacent to an activating group) is 1. The maximum absolute atomic E-state index is 13.4. The summed E-state index contributed by atoms with van der Waals surface area (Å²) in [6.45, 7) is 8.78. The lowest BCUT2D eigenvalue weighted by molar-refractivity contribution is -0.136. The lowest BCUT2D eigenvalue weighted by Crippen LogP contribution is -2.51. The molecular formula is C33H45N3O4. The third-order valence-electron chi connectivity index (χ3n) is 9.26. The Bertz CT molecular complexity index is 1170. The summed E-state index contributed by atoms with van der Waals surface area (Å²) in [5.41, 5.74) is 1.48. The molecular weight excluding hydrogens is 502 g/mol. The molecule has 2 aromatic rings. The van der Waals surface area contributed by atoms with Crippen molar-refractivity contribution in [1.29, 1.82) is 0 Å². The van der Waals surface area contributed by atoms with E-state index in [1.54, 1.807) is 18.7 Å². The second-order valence-corrected chi connectivity index (χ2v) is 12.7. The molecule has 0 spiro atoms. The molecule has 0 radical (unpaired) electrons. The number of benzene rings is 2. The summed E-state index contributed by atoms with van der Waals surface area (Å²) in [7, 11) is 2.06. The highest BCUT2D eigenvalue weighted by Gasteiger charge is 2.46. The van der Waals surface area contributed by atoms with Crippen LogP contribution < -0.4 is 0 Å². The zero-order valence-corrected chi connectivity index (χ0v) is 24.5. The molecule has 0 bridgehead atoms. The van der Waals surface area contributed by atoms with E-state index in [9.17, 15) is 14.7 Å². The Kier molecular flexibility index (Phi) is 8.25. The van der Waals surface area contributed by atoms with Gasteiger partial charge in [-0.2, -0.15) is 0 Å². The maximum Gasteiger partial charge on any atom is 0.411 e. The summed E-state index contributed by atoms with van der Waals surface area (Å²) in [6, 6.07) is 18.4. The zero-order chi connectivity index (χ0) is 28.5. The highest BCUT2D eigenvalue weighted by molar-refractivity contribution is 5.82. The molecule has 0 saturated carbocycles. The van der Waals surface area contributed by atoms with Crippen molar-refractivity contribution in [2.24, 2.45) is 0 Å². The fraction of sp³-hybridized carbons (Fsp3) is 0.576. The first-order chi connectivity index (χ1) is 19.1. The van der Waals surface area contributed by atoms with E-state index in [4.69, 9.17) is 4.74 Å². The molecule has 2 amide bonds. The SMILES string of the molecule is C[C@@H](c1ccc(C2CCN(C(=O)[C@@H]3CCCN3C)CC2)cc1)N1CCC(CC(C)(C)O)(c2ccccc2)OC1=O.